The highest BCUT2D eigenvalue weighted by atomic mass is 35.5. The Hall–Kier alpha value is -0.700. The summed E-state index contributed by atoms with van der Waals surface area (Å²) in [5, 5.41) is 0.119. The van der Waals surface area contributed by atoms with Gasteiger partial charge in [-0.2, -0.15) is 0 Å². The van der Waals surface area contributed by atoms with E-state index in [0.717, 1.165) is 0 Å². The zero-order valence-electron chi connectivity index (χ0n) is 6.74. The summed E-state index contributed by atoms with van der Waals surface area (Å²) in [4.78, 5) is 3.85. The number of halogens is 3. The third kappa shape index (κ3) is 1.72. The maximum absolute atomic E-state index is 12.3. The molecule has 1 aromatic rings. The molecule has 1 aromatic heterocycles. The van der Waals surface area contributed by atoms with Crippen LogP contribution in [0.5, 0.6) is 0 Å². The summed E-state index contributed by atoms with van der Waals surface area (Å²) in [6.07, 6.45) is -2.48. The summed E-state index contributed by atoms with van der Waals surface area (Å²) in [7, 11) is 0. The molecule has 66 valence electrons. The molecule has 0 fully saturated rings. The Morgan fingerprint density at radius 3 is 2.50 bits per heavy atom. The summed E-state index contributed by atoms with van der Waals surface area (Å²) in [5.74, 6) is 0. The SMILES string of the molecule is Cc1nc(Cl)cc(C(F)F)c1C. The van der Waals surface area contributed by atoms with Gasteiger partial charge in [0.2, 0.25) is 0 Å². The van der Waals surface area contributed by atoms with Crippen molar-refractivity contribution in [1.29, 1.82) is 0 Å². The van der Waals surface area contributed by atoms with Crippen LogP contribution in [0.3, 0.4) is 0 Å². The molecule has 1 rings (SSSR count). The van der Waals surface area contributed by atoms with Crippen LogP contribution in [0.4, 0.5) is 8.78 Å². The van der Waals surface area contributed by atoms with Crippen LogP contribution in [0.2, 0.25) is 5.15 Å². The topological polar surface area (TPSA) is 12.9 Å². The van der Waals surface area contributed by atoms with E-state index < -0.39 is 6.43 Å². The van der Waals surface area contributed by atoms with Gasteiger partial charge in [-0.25, -0.2) is 13.8 Å². The van der Waals surface area contributed by atoms with E-state index in [-0.39, 0.29) is 10.7 Å². The molecule has 12 heavy (non-hydrogen) atoms. The van der Waals surface area contributed by atoms with Gasteiger partial charge in [-0.1, -0.05) is 11.6 Å². The molecule has 0 saturated carbocycles. The molecule has 0 spiro atoms. The number of rotatable bonds is 1. The van der Waals surface area contributed by atoms with E-state index in [1.165, 1.54) is 6.07 Å². The van der Waals surface area contributed by atoms with Crippen molar-refractivity contribution in [2.24, 2.45) is 0 Å². The molecule has 0 atom stereocenters. The van der Waals surface area contributed by atoms with E-state index in [0.29, 0.717) is 11.3 Å². The van der Waals surface area contributed by atoms with Gasteiger partial charge in [0.1, 0.15) is 5.15 Å². The second-order valence-corrected chi connectivity index (χ2v) is 2.93. The van der Waals surface area contributed by atoms with E-state index in [2.05, 4.69) is 4.98 Å². The summed E-state index contributed by atoms with van der Waals surface area (Å²) in [5.41, 5.74) is 1.03. The quantitative estimate of drug-likeness (QED) is 0.621. The van der Waals surface area contributed by atoms with Crippen LogP contribution in [0.1, 0.15) is 23.2 Å². The van der Waals surface area contributed by atoms with Crippen LogP contribution < -0.4 is 0 Å². The van der Waals surface area contributed by atoms with Crippen molar-refractivity contribution in [1.82, 2.24) is 4.98 Å². The maximum Gasteiger partial charge on any atom is 0.264 e. The largest absolute Gasteiger partial charge is 0.264 e. The van der Waals surface area contributed by atoms with Gasteiger partial charge in [-0.3, -0.25) is 0 Å². The van der Waals surface area contributed by atoms with Crippen LogP contribution in [0.25, 0.3) is 0 Å². The Morgan fingerprint density at radius 2 is 2.00 bits per heavy atom. The van der Waals surface area contributed by atoms with Gasteiger partial charge in [0.05, 0.1) is 0 Å². The standard InChI is InChI=1S/C8H8ClF2N/c1-4-5(2)12-7(9)3-6(4)8(10)11/h3,8H,1-2H3. The number of hydrogen-bond acceptors (Lipinski definition) is 1. The van der Waals surface area contributed by atoms with Crippen LogP contribution in [-0.2, 0) is 0 Å². The lowest BCUT2D eigenvalue weighted by Crippen LogP contribution is -1.95. The molecular weight excluding hydrogens is 184 g/mol. The van der Waals surface area contributed by atoms with Crippen molar-refractivity contribution >= 4 is 11.6 Å². The maximum atomic E-state index is 12.3. The summed E-state index contributed by atoms with van der Waals surface area (Å²) < 4.78 is 24.6. The Kier molecular flexibility index (Phi) is 2.62. The van der Waals surface area contributed by atoms with Crippen molar-refractivity contribution in [3.05, 3.63) is 28.0 Å². The van der Waals surface area contributed by atoms with Gasteiger partial charge in [-0.05, 0) is 25.5 Å². The van der Waals surface area contributed by atoms with Crippen molar-refractivity contribution in [2.75, 3.05) is 0 Å². The van der Waals surface area contributed by atoms with E-state index in [1.54, 1.807) is 13.8 Å². The lowest BCUT2D eigenvalue weighted by atomic mass is 10.1. The van der Waals surface area contributed by atoms with E-state index in [1.807, 2.05) is 0 Å². The molecule has 1 heterocycles. The number of aromatic nitrogens is 1. The van der Waals surface area contributed by atoms with Gasteiger partial charge < -0.3 is 0 Å². The minimum absolute atomic E-state index is 0.0347. The Morgan fingerprint density at radius 1 is 1.42 bits per heavy atom. The predicted molar refractivity (Wildman–Crippen MR) is 43.7 cm³/mol. The van der Waals surface area contributed by atoms with Crippen molar-refractivity contribution < 1.29 is 8.78 Å². The van der Waals surface area contributed by atoms with Crippen LogP contribution in [0.15, 0.2) is 6.07 Å². The number of alkyl halides is 2. The summed E-state index contributed by atoms with van der Waals surface area (Å²) in [6, 6.07) is 1.20. The number of hydrogen-bond donors (Lipinski definition) is 0. The monoisotopic (exact) mass is 191 g/mol. The fourth-order valence-corrected chi connectivity index (χ4v) is 1.19. The molecule has 0 aromatic carbocycles. The molecule has 0 unspecified atom stereocenters. The predicted octanol–water partition coefficient (Wildman–Crippen LogP) is 3.29. The molecule has 0 bridgehead atoms. The average molecular weight is 192 g/mol. The molecule has 4 heteroatoms. The van der Waals surface area contributed by atoms with E-state index in [9.17, 15) is 8.78 Å². The minimum Gasteiger partial charge on any atom is -0.241 e. The minimum atomic E-state index is -2.48. The first-order valence-corrected chi connectivity index (χ1v) is 3.82. The van der Waals surface area contributed by atoms with Gasteiger partial charge in [-0.15, -0.1) is 0 Å². The first-order valence-electron chi connectivity index (χ1n) is 3.44. The number of aryl methyl sites for hydroxylation is 1. The van der Waals surface area contributed by atoms with E-state index >= 15 is 0 Å². The summed E-state index contributed by atoms with van der Waals surface area (Å²) >= 11 is 5.52. The Balaban J connectivity index is 3.28. The Labute approximate surface area is 74.4 Å². The third-order valence-corrected chi connectivity index (χ3v) is 1.95. The highest BCUT2D eigenvalue weighted by Gasteiger charge is 2.13. The molecule has 0 saturated heterocycles. The second kappa shape index (κ2) is 3.35. The van der Waals surface area contributed by atoms with Crippen LogP contribution >= 0.6 is 11.6 Å². The van der Waals surface area contributed by atoms with Crippen LogP contribution in [0, 0.1) is 13.8 Å². The first kappa shape index (κ1) is 9.39. The zero-order chi connectivity index (χ0) is 9.30. The van der Waals surface area contributed by atoms with Crippen molar-refractivity contribution in [3.8, 4) is 0 Å². The third-order valence-electron chi connectivity index (χ3n) is 1.76. The zero-order valence-corrected chi connectivity index (χ0v) is 7.49. The molecule has 1 nitrogen and oxygen atoms in total. The molecule has 0 aliphatic carbocycles. The molecular formula is C8H8ClF2N. The summed E-state index contributed by atoms with van der Waals surface area (Å²) in [6.45, 7) is 3.27. The van der Waals surface area contributed by atoms with E-state index in [4.69, 9.17) is 11.6 Å². The second-order valence-electron chi connectivity index (χ2n) is 2.55. The lowest BCUT2D eigenvalue weighted by Gasteiger charge is -2.06. The molecule has 0 amide bonds. The molecule has 0 aliphatic heterocycles. The van der Waals surface area contributed by atoms with Gasteiger partial charge in [0.25, 0.3) is 6.43 Å². The number of pyridine rings is 1. The molecule has 0 radical (unpaired) electrons. The molecule has 0 aliphatic rings. The molecule has 0 N–H and O–H groups in total. The van der Waals surface area contributed by atoms with Gasteiger partial charge in [0, 0.05) is 11.3 Å². The first-order chi connectivity index (χ1) is 5.52. The Bertz CT molecular complexity index is 299. The fourth-order valence-electron chi connectivity index (χ4n) is 0.948. The number of nitrogens with zero attached hydrogens (tertiary/aromatic N) is 1. The average Bonchev–Trinajstić information content (AvgIpc) is 1.96. The van der Waals surface area contributed by atoms with Gasteiger partial charge in [0.15, 0.2) is 0 Å². The highest BCUT2D eigenvalue weighted by Crippen LogP contribution is 2.25. The van der Waals surface area contributed by atoms with Crippen molar-refractivity contribution in [3.63, 3.8) is 0 Å². The smallest absolute Gasteiger partial charge is 0.241 e. The highest BCUT2D eigenvalue weighted by molar-refractivity contribution is 6.29. The fraction of sp³-hybridized carbons (Fsp3) is 0.375. The normalized spacial score (nSPS) is 10.8. The lowest BCUT2D eigenvalue weighted by molar-refractivity contribution is 0.150. The van der Waals surface area contributed by atoms with Gasteiger partial charge >= 0.3 is 0 Å². The van der Waals surface area contributed by atoms with Crippen LogP contribution in [-0.4, -0.2) is 4.98 Å². The van der Waals surface area contributed by atoms with Crippen molar-refractivity contribution in [2.45, 2.75) is 20.3 Å².